The van der Waals surface area contributed by atoms with Crippen molar-refractivity contribution in [1.29, 1.82) is 0 Å². The third-order valence-electron chi connectivity index (χ3n) is 7.10. The number of hydrogen-bond donors (Lipinski definition) is 2. The summed E-state index contributed by atoms with van der Waals surface area (Å²) in [5, 5.41) is 0. The molecule has 2 atom stereocenters. The number of allylic oxidation sites excluding steroid dienone is 2. The zero-order valence-electron chi connectivity index (χ0n) is 29.6. The monoisotopic (exact) mass is 730 g/mol. The molecule has 0 aliphatic heterocycles. The van der Waals surface area contributed by atoms with Crippen LogP contribution in [0.25, 0.3) is 0 Å². The summed E-state index contributed by atoms with van der Waals surface area (Å²) in [6.45, 7) is 7.00. The summed E-state index contributed by atoms with van der Waals surface area (Å²) in [7, 11) is -8.10. The molecule has 0 radical (unpaired) electrons. The van der Waals surface area contributed by atoms with Crippen LogP contribution in [-0.4, -0.2) is 116 Å². The Morgan fingerprint density at radius 1 is 0.479 bits per heavy atom. The molecule has 0 aromatic rings. The summed E-state index contributed by atoms with van der Waals surface area (Å²) in [4.78, 5) is 0. The van der Waals surface area contributed by atoms with E-state index in [1.165, 1.54) is 51.4 Å². The minimum absolute atomic E-state index is 0.131. The second-order valence-electron chi connectivity index (χ2n) is 11.8. The van der Waals surface area contributed by atoms with Crippen LogP contribution in [-0.2, 0) is 48.7 Å². The highest BCUT2D eigenvalue weighted by Crippen LogP contribution is 2.07. The van der Waals surface area contributed by atoms with Crippen molar-refractivity contribution < 1.29 is 54.4 Å². The zero-order chi connectivity index (χ0) is 35.6. The number of ether oxygens (including phenoxy) is 6. The minimum atomic E-state index is -4.05. The molecule has 0 aromatic heterocycles. The van der Waals surface area contributed by atoms with Crippen molar-refractivity contribution in [1.82, 2.24) is 0 Å². The van der Waals surface area contributed by atoms with E-state index in [4.69, 9.17) is 37.5 Å². The fourth-order valence-electron chi connectivity index (χ4n) is 4.46. The van der Waals surface area contributed by atoms with Gasteiger partial charge >= 0.3 is 0 Å². The molecule has 0 rings (SSSR count). The highest BCUT2D eigenvalue weighted by atomic mass is 32.2. The molecule has 0 aliphatic rings. The molecule has 0 saturated carbocycles. The Morgan fingerprint density at radius 3 is 1.23 bits per heavy atom. The van der Waals surface area contributed by atoms with Crippen LogP contribution in [0.4, 0.5) is 0 Å². The van der Waals surface area contributed by atoms with Crippen molar-refractivity contribution in [2.75, 3.05) is 77.6 Å². The third-order valence-corrected chi connectivity index (χ3v) is 8.71. The summed E-state index contributed by atoms with van der Waals surface area (Å²) in [6, 6.07) is 0. The number of rotatable bonds is 37. The van der Waals surface area contributed by atoms with Crippen LogP contribution >= 0.6 is 0 Å². The lowest BCUT2D eigenvalue weighted by atomic mass is 10.1. The van der Waals surface area contributed by atoms with E-state index in [0.29, 0.717) is 13.2 Å². The van der Waals surface area contributed by atoms with E-state index in [1.54, 1.807) is 0 Å². The Hall–Kier alpha value is -0.940. The topological polar surface area (TPSA) is 164 Å². The van der Waals surface area contributed by atoms with Crippen LogP contribution in [0.3, 0.4) is 0 Å². The van der Waals surface area contributed by atoms with Crippen LogP contribution in [0, 0.1) is 0 Å². The molecule has 0 amide bonds. The molecule has 0 heterocycles. The second-order valence-corrected chi connectivity index (χ2v) is 15.0. The van der Waals surface area contributed by atoms with Gasteiger partial charge in [0.05, 0.1) is 64.4 Å². The SMILES string of the molecule is CCCCCCC/C=C\COCC(COCCOCC(COC/C=C\CCCCCCC)OCCCS(=O)(=O)O)OCCCS(=O)(=O)O. The molecule has 0 bridgehead atoms. The third kappa shape index (κ3) is 37.9. The van der Waals surface area contributed by atoms with Crippen LogP contribution in [0.2, 0.25) is 0 Å². The van der Waals surface area contributed by atoms with Crippen molar-refractivity contribution in [2.24, 2.45) is 0 Å². The average Bonchev–Trinajstić information content (AvgIpc) is 3.02. The molecule has 286 valence electrons. The molecular weight excluding hydrogens is 664 g/mol. The van der Waals surface area contributed by atoms with Crippen molar-refractivity contribution in [3.8, 4) is 0 Å². The highest BCUT2D eigenvalue weighted by Gasteiger charge is 2.13. The van der Waals surface area contributed by atoms with Crippen LogP contribution in [0.1, 0.15) is 104 Å². The summed E-state index contributed by atoms with van der Waals surface area (Å²) in [5.41, 5.74) is 0. The van der Waals surface area contributed by atoms with E-state index in [2.05, 4.69) is 26.0 Å². The fraction of sp³-hybridized carbons (Fsp3) is 0.882. The van der Waals surface area contributed by atoms with Gasteiger partial charge in [-0.1, -0.05) is 89.5 Å². The van der Waals surface area contributed by atoms with Gasteiger partial charge in [-0.15, -0.1) is 0 Å². The van der Waals surface area contributed by atoms with Gasteiger partial charge in [0.25, 0.3) is 20.2 Å². The van der Waals surface area contributed by atoms with E-state index in [-0.39, 0.29) is 77.2 Å². The first-order valence-electron chi connectivity index (χ1n) is 17.8. The molecule has 0 spiro atoms. The minimum Gasteiger partial charge on any atom is -0.376 e. The van der Waals surface area contributed by atoms with Crippen LogP contribution < -0.4 is 0 Å². The summed E-state index contributed by atoms with van der Waals surface area (Å²) >= 11 is 0. The standard InChI is InChI=1S/C34H66O12S2/c1-3-5-7-9-11-13-15-17-21-41-29-33(45-23-19-27-47(35,36)37)31-43-25-26-44-32-34(46-24-20-28-48(38,39)40)30-42-22-18-16-14-12-10-8-6-4-2/h15-18,33-34H,3-14,19-32H2,1-2H3,(H,35,36,37)(H,38,39,40)/b17-15-,18-16-. The maximum atomic E-state index is 11.0. The second kappa shape index (κ2) is 33.2. The molecule has 2 unspecified atom stereocenters. The van der Waals surface area contributed by atoms with Crippen molar-refractivity contribution in [2.45, 2.75) is 116 Å². The van der Waals surface area contributed by atoms with Crippen molar-refractivity contribution in [3.63, 3.8) is 0 Å². The van der Waals surface area contributed by atoms with Gasteiger partial charge in [0, 0.05) is 13.2 Å². The quantitative estimate of drug-likeness (QED) is 0.0423. The lowest BCUT2D eigenvalue weighted by molar-refractivity contribution is -0.0795. The predicted molar refractivity (Wildman–Crippen MR) is 190 cm³/mol. The van der Waals surface area contributed by atoms with E-state index in [1.807, 2.05) is 12.2 Å². The van der Waals surface area contributed by atoms with Crippen molar-refractivity contribution in [3.05, 3.63) is 24.3 Å². The Morgan fingerprint density at radius 2 is 0.854 bits per heavy atom. The molecule has 48 heavy (non-hydrogen) atoms. The Labute approximate surface area is 291 Å². The van der Waals surface area contributed by atoms with Gasteiger partial charge in [0.1, 0.15) is 12.2 Å². The van der Waals surface area contributed by atoms with Gasteiger partial charge in [-0.3, -0.25) is 9.11 Å². The molecule has 12 nitrogen and oxygen atoms in total. The molecular formula is C34H66O12S2. The van der Waals surface area contributed by atoms with Gasteiger partial charge in [0.15, 0.2) is 0 Å². The molecule has 0 saturated heterocycles. The molecule has 2 N–H and O–H groups in total. The maximum Gasteiger partial charge on any atom is 0.264 e. The molecule has 14 heteroatoms. The Bertz CT molecular complexity index is 893. The maximum absolute atomic E-state index is 11.0. The van der Waals surface area contributed by atoms with Gasteiger partial charge in [0.2, 0.25) is 0 Å². The Balaban J connectivity index is 4.51. The number of unbranched alkanes of at least 4 members (excludes halogenated alkanes) is 10. The summed E-state index contributed by atoms with van der Waals surface area (Å²) in [6.07, 6.45) is 22.0. The average molecular weight is 731 g/mol. The fourth-order valence-corrected chi connectivity index (χ4v) is 5.42. The number of hydrogen-bond acceptors (Lipinski definition) is 10. The van der Waals surface area contributed by atoms with Crippen LogP contribution in [0.15, 0.2) is 24.3 Å². The van der Waals surface area contributed by atoms with Crippen molar-refractivity contribution >= 4 is 20.2 Å². The molecule has 0 aromatic carbocycles. The van der Waals surface area contributed by atoms with Gasteiger partial charge in [-0.25, -0.2) is 0 Å². The van der Waals surface area contributed by atoms with Gasteiger partial charge in [-0.05, 0) is 38.5 Å². The smallest absolute Gasteiger partial charge is 0.264 e. The Kier molecular flexibility index (Phi) is 32.6. The molecule has 0 fully saturated rings. The van der Waals surface area contributed by atoms with E-state index in [0.717, 1.165) is 25.7 Å². The first kappa shape index (κ1) is 47.1. The van der Waals surface area contributed by atoms with E-state index < -0.39 is 32.4 Å². The molecule has 0 aliphatic carbocycles. The lowest BCUT2D eigenvalue weighted by Crippen LogP contribution is -2.29. The predicted octanol–water partition coefficient (Wildman–Crippen LogP) is 6.21. The lowest BCUT2D eigenvalue weighted by Gasteiger charge is -2.19. The van der Waals surface area contributed by atoms with E-state index in [9.17, 15) is 16.8 Å². The van der Waals surface area contributed by atoms with Crippen LogP contribution in [0.5, 0.6) is 0 Å². The highest BCUT2D eigenvalue weighted by molar-refractivity contribution is 7.86. The zero-order valence-corrected chi connectivity index (χ0v) is 31.3. The largest absolute Gasteiger partial charge is 0.376 e. The summed E-state index contributed by atoms with van der Waals surface area (Å²) in [5.74, 6) is -0.761. The van der Waals surface area contributed by atoms with Gasteiger partial charge in [-0.2, -0.15) is 16.8 Å². The first-order chi connectivity index (χ1) is 23.1. The summed E-state index contributed by atoms with van der Waals surface area (Å²) < 4.78 is 96.3. The van der Waals surface area contributed by atoms with Gasteiger partial charge < -0.3 is 28.4 Å². The first-order valence-corrected chi connectivity index (χ1v) is 21.0. The van der Waals surface area contributed by atoms with E-state index >= 15 is 0 Å². The normalized spacial score (nSPS) is 14.0.